The predicted molar refractivity (Wildman–Crippen MR) is 114 cm³/mol. The van der Waals surface area contributed by atoms with Crippen molar-refractivity contribution >= 4 is 33.6 Å². The van der Waals surface area contributed by atoms with Crippen molar-refractivity contribution < 1.29 is 14.3 Å². The van der Waals surface area contributed by atoms with Gasteiger partial charge in [-0.25, -0.2) is 4.79 Å². The minimum absolute atomic E-state index is 0.181. The highest BCUT2D eigenvalue weighted by Gasteiger charge is 2.36. The first kappa shape index (κ1) is 20.4. The summed E-state index contributed by atoms with van der Waals surface area (Å²) in [4.78, 5) is 26.6. The fraction of sp³-hybridized carbons (Fsp3) is 0.364. The molecule has 0 saturated carbocycles. The number of benzene rings is 2. The highest BCUT2D eigenvalue weighted by atomic mass is 79.9. The van der Waals surface area contributed by atoms with Crippen molar-refractivity contribution in [2.24, 2.45) is 0 Å². The molecule has 6 heteroatoms. The summed E-state index contributed by atoms with van der Waals surface area (Å²) in [5.74, 6) is -0.181. The molecule has 1 unspecified atom stereocenters. The molecule has 148 valence electrons. The number of amides is 2. The number of likely N-dealkylation sites (tertiary alicyclic amines) is 1. The van der Waals surface area contributed by atoms with Crippen LogP contribution in [0.2, 0.25) is 0 Å². The van der Waals surface area contributed by atoms with Crippen molar-refractivity contribution in [2.75, 3.05) is 11.9 Å². The van der Waals surface area contributed by atoms with Crippen LogP contribution in [-0.2, 0) is 9.53 Å². The van der Waals surface area contributed by atoms with E-state index in [1.54, 1.807) is 0 Å². The van der Waals surface area contributed by atoms with E-state index in [0.29, 0.717) is 18.7 Å². The highest BCUT2D eigenvalue weighted by Crippen LogP contribution is 2.25. The van der Waals surface area contributed by atoms with Crippen molar-refractivity contribution in [1.82, 2.24) is 4.90 Å². The molecule has 5 nitrogen and oxygen atoms in total. The largest absolute Gasteiger partial charge is 0.444 e. The third kappa shape index (κ3) is 5.13. The van der Waals surface area contributed by atoms with Gasteiger partial charge in [0.2, 0.25) is 5.91 Å². The zero-order valence-electron chi connectivity index (χ0n) is 16.4. The summed E-state index contributed by atoms with van der Waals surface area (Å²) in [7, 11) is 0. The molecule has 2 amide bonds. The highest BCUT2D eigenvalue weighted by molar-refractivity contribution is 9.10. The molecule has 1 atom stereocenters. The molecule has 0 aromatic heterocycles. The van der Waals surface area contributed by atoms with E-state index in [-0.39, 0.29) is 5.91 Å². The average Bonchev–Trinajstić information content (AvgIpc) is 3.12. The topological polar surface area (TPSA) is 58.6 Å². The Balaban J connectivity index is 1.65. The maximum atomic E-state index is 12.7. The van der Waals surface area contributed by atoms with Crippen LogP contribution in [0.4, 0.5) is 10.5 Å². The molecule has 1 aliphatic heterocycles. The van der Waals surface area contributed by atoms with E-state index in [0.717, 1.165) is 22.0 Å². The number of hydrogen-bond donors (Lipinski definition) is 1. The molecular weight excluding hydrogens is 420 g/mol. The molecule has 28 heavy (non-hydrogen) atoms. The number of anilines is 1. The first-order chi connectivity index (χ1) is 13.2. The van der Waals surface area contributed by atoms with Crippen molar-refractivity contribution in [3.63, 3.8) is 0 Å². The van der Waals surface area contributed by atoms with Gasteiger partial charge < -0.3 is 10.1 Å². The molecule has 0 bridgehead atoms. The van der Waals surface area contributed by atoms with Crippen molar-refractivity contribution in [2.45, 2.75) is 45.3 Å². The molecule has 1 fully saturated rings. The summed E-state index contributed by atoms with van der Waals surface area (Å²) in [5.41, 5.74) is 2.31. The van der Waals surface area contributed by atoms with Gasteiger partial charge in [0.15, 0.2) is 0 Å². The van der Waals surface area contributed by atoms with Gasteiger partial charge in [0.1, 0.15) is 11.6 Å². The van der Waals surface area contributed by atoms with E-state index in [2.05, 4.69) is 21.2 Å². The number of hydrogen-bond acceptors (Lipinski definition) is 3. The van der Waals surface area contributed by atoms with Gasteiger partial charge in [0.25, 0.3) is 0 Å². The molecule has 0 radical (unpaired) electrons. The lowest BCUT2D eigenvalue weighted by Crippen LogP contribution is -2.45. The predicted octanol–water partition coefficient (Wildman–Crippen LogP) is 5.45. The Morgan fingerprint density at radius 2 is 1.61 bits per heavy atom. The van der Waals surface area contributed by atoms with E-state index in [1.165, 1.54) is 4.90 Å². The fourth-order valence-electron chi connectivity index (χ4n) is 3.19. The van der Waals surface area contributed by atoms with Gasteiger partial charge >= 0.3 is 6.09 Å². The summed E-state index contributed by atoms with van der Waals surface area (Å²) >= 11 is 3.44. The molecule has 2 aromatic carbocycles. The maximum Gasteiger partial charge on any atom is 0.410 e. The number of halogens is 1. The summed E-state index contributed by atoms with van der Waals surface area (Å²) < 4.78 is 6.46. The number of ether oxygens (including phenoxy) is 1. The Bertz CT molecular complexity index is 842. The monoisotopic (exact) mass is 444 g/mol. The molecular formula is C22H25BrN2O3. The number of nitrogens with zero attached hydrogens (tertiary/aromatic N) is 1. The van der Waals surface area contributed by atoms with Crippen molar-refractivity contribution in [3.05, 3.63) is 53.0 Å². The number of carbonyl (C=O) groups excluding carboxylic acids is 2. The van der Waals surface area contributed by atoms with E-state index in [9.17, 15) is 9.59 Å². The quantitative estimate of drug-likeness (QED) is 0.683. The van der Waals surface area contributed by atoms with Crippen LogP contribution < -0.4 is 5.32 Å². The Labute approximate surface area is 174 Å². The third-order valence-electron chi connectivity index (χ3n) is 4.51. The van der Waals surface area contributed by atoms with E-state index in [1.807, 2.05) is 69.3 Å². The SMILES string of the molecule is CC(C)(C)OC(=O)N1CCCC1C(=O)Nc1ccc(-c2ccc(Br)cc2)cc1. The molecule has 0 spiro atoms. The minimum atomic E-state index is -0.580. The summed E-state index contributed by atoms with van der Waals surface area (Å²) in [6, 6.07) is 15.3. The van der Waals surface area contributed by atoms with Crippen LogP contribution in [0.3, 0.4) is 0 Å². The van der Waals surface area contributed by atoms with Crippen LogP contribution in [0.25, 0.3) is 11.1 Å². The smallest absolute Gasteiger partial charge is 0.410 e. The molecule has 1 N–H and O–H groups in total. The third-order valence-corrected chi connectivity index (χ3v) is 5.04. The van der Waals surface area contributed by atoms with E-state index in [4.69, 9.17) is 4.74 Å². The van der Waals surface area contributed by atoms with Gasteiger partial charge in [-0.05, 0) is 69.0 Å². The molecule has 1 saturated heterocycles. The molecule has 0 aliphatic carbocycles. The standard InChI is InChI=1S/C22H25BrN2O3/c1-22(2,3)28-21(27)25-14-4-5-19(25)20(26)24-18-12-8-16(9-13-18)15-6-10-17(23)11-7-15/h6-13,19H,4-5,14H2,1-3H3,(H,24,26). The average molecular weight is 445 g/mol. The van der Waals surface area contributed by atoms with Gasteiger partial charge in [-0.3, -0.25) is 9.69 Å². The van der Waals surface area contributed by atoms with Crippen LogP contribution in [0.15, 0.2) is 53.0 Å². The van der Waals surface area contributed by atoms with Gasteiger partial charge in [-0.15, -0.1) is 0 Å². The first-order valence-corrected chi connectivity index (χ1v) is 10.2. The Kier molecular flexibility index (Phi) is 6.08. The van der Waals surface area contributed by atoms with Crippen LogP contribution in [0, 0.1) is 0 Å². The number of rotatable bonds is 3. The Morgan fingerprint density at radius 3 is 2.18 bits per heavy atom. The van der Waals surface area contributed by atoms with E-state index >= 15 is 0 Å². The van der Waals surface area contributed by atoms with Crippen molar-refractivity contribution in [1.29, 1.82) is 0 Å². The second-order valence-corrected chi connectivity index (χ2v) is 8.82. The Morgan fingerprint density at radius 1 is 1.04 bits per heavy atom. The lowest BCUT2D eigenvalue weighted by atomic mass is 10.1. The summed E-state index contributed by atoms with van der Waals surface area (Å²) in [6.07, 6.45) is 0.998. The normalized spacial score (nSPS) is 16.7. The lowest BCUT2D eigenvalue weighted by molar-refractivity contribution is -0.120. The van der Waals surface area contributed by atoms with Gasteiger partial charge in [0.05, 0.1) is 0 Å². The second-order valence-electron chi connectivity index (χ2n) is 7.91. The zero-order chi connectivity index (χ0) is 20.3. The van der Waals surface area contributed by atoms with Crippen LogP contribution in [0.1, 0.15) is 33.6 Å². The zero-order valence-corrected chi connectivity index (χ0v) is 18.0. The second kappa shape index (κ2) is 8.35. The maximum absolute atomic E-state index is 12.7. The molecule has 3 rings (SSSR count). The van der Waals surface area contributed by atoms with Gasteiger partial charge in [-0.1, -0.05) is 40.2 Å². The minimum Gasteiger partial charge on any atom is -0.444 e. The first-order valence-electron chi connectivity index (χ1n) is 9.39. The fourth-order valence-corrected chi connectivity index (χ4v) is 3.46. The van der Waals surface area contributed by atoms with Crippen LogP contribution in [-0.4, -0.2) is 35.1 Å². The molecule has 1 heterocycles. The van der Waals surface area contributed by atoms with Crippen LogP contribution in [0.5, 0.6) is 0 Å². The van der Waals surface area contributed by atoms with Gasteiger partial charge in [-0.2, -0.15) is 0 Å². The molecule has 2 aromatic rings. The molecule has 1 aliphatic rings. The summed E-state index contributed by atoms with van der Waals surface area (Å²) in [6.45, 7) is 6.00. The van der Waals surface area contributed by atoms with Crippen LogP contribution >= 0.6 is 15.9 Å². The van der Waals surface area contributed by atoms with Crippen molar-refractivity contribution in [3.8, 4) is 11.1 Å². The Hall–Kier alpha value is -2.34. The van der Waals surface area contributed by atoms with E-state index < -0.39 is 17.7 Å². The number of nitrogens with one attached hydrogen (secondary N) is 1. The summed E-state index contributed by atoms with van der Waals surface area (Å²) in [5, 5.41) is 2.92. The van der Waals surface area contributed by atoms with Gasteiger partial charge in [0, 0.05) is 16.7 Å². The lowest BCUT2D eigenvalue weighted by Gasteiger charge is -2.28. The number of carbonyl (C=O) groups is 2.